The summed E-state index contributed by atoms with van der Waals surface area (Å²) >= 11 is 3.41. The van der Waals surface area contributed by atoms with Crippen LogP contribution in [0.2, 0.25) is 0 Å². The molecule has 2 aromatic rings. The van der Waals surface area contributed by atoms with Gasteiger partial charge in [-0.2, -0.15) is 0 Å². The number of para-hydroxylation sites is 1. The molecule has 0 fully saturated rings. The Morgan fingerprint density at radius 3 is 2.65 bits per heavy atom. The zero-order chi connectivity index (χ0) is 12.3. The fraction of sp³-hybridized carbons (Fsp3) is 0.0769. The second kappa shape index (κ2) is 5.19. The van der Waals surface area contributed by atoms with E-state index in [-0.39, 0.29) is 5.75 Å². The lowest BCUT2D eigenvalue weighted by Gasteiger charge is -2.08. The van der Waals surface area contributed by atoms with E-state index in [1.165, 1.54) is 12.1 Å². The lowest BCUT2D eigenvalue weighted by molar-refractivity contribution is 0.468. The molecule has 2 N–H and O–H groups in total. The Bertz CT molecular complexity index is 510. The van der Waals surface area contributed by atoms with Gasteiger partial charge in [-0.05, 0) is 45.8 Å². The Hall–Kier alpha value is -1.55. The maximum Gasteiger partial charge on any atom is 0.127 e. The first-order valence-corrected chi connectivity index (χ1v) is 5.91. The number of aromatic hydroxyl groups is 1. The number of halogens is 2. The van der Waals surface area contributed by atoms with Crippen molar-refractivity contribution in [3.05, 3.63) is 58.3 Å². The minimum atomic E-state index is -0.436. The van der Waals surface area contributed by atoms with Crippen molar-refractivity contribution in [3.63, 3.8) is 0 Å². The number of hydrogen-bond acceptors (Lipinski definition) is 2. The van der Waals surface area contributed by atoms with E-state index in [2.05, 4.69) is 21.2 Å². The van der Waals surface area contributed by atoms with Gasteiger partial charge < -0.3 is 10.4 Å². The average Bonchev–Trinajstić information content (AvgIpc) is 2.27. The fourth-order valence-electron chi connectivity index (χ4n) is 1.54. The van der Waals surface area contributed by atoms with Gasteiger partial charge in [-0.15, -0.1) is 0 Å². The van der Waals surface area contributed by atoms with E-state index in [1.54, 1.807) is 0 Å². The maximum atomic E-state index is 13.0. The first-order valence-electron chi connectivity index (χ1n) is 5.12. The van der Waals surface area contributed by atoms with Crippen molar-refractivity contribution in [1.82, 2.24) is 0 Å². The number of anilines is 1. The summed E-state index contributed by atoms with van der Waals surface area (Å²) in [6, 6.07) is 11.7. The summed E-state index contributed by atoms with van der Waals surface area (Å²) in [5.41, 5.74) is 1.62. The highest BCUT2D eigenvalue weighted by atomic mass is 79.9. The summed E-state index contributed by atoms with van der Waals surface area (Å²) in [7, 11) is 0. The van der Waals surface area contributed by atoms with Gasteiger partial charge in [-0.25, -0.2) is 4.39 Å². The van der Waals surface area contributed by atoms with Gasteiger partial charge in [0.05, 0.1) is 0 Å². The van der Waals surface area contributed by atoms with Crippen molar-refractivity contribution < 1.29 is 9.50 Å². The Kier molecular flexibility index (Phi) is 3.64. The number of phenols is 1. The molecular weight excluding hydrogens is 285 g/mol. The zero-order valence-corrected chi connectivity index (χ0v) is 10.5. The Morgan fingerprint density at radius 1 is 1.18 bits per heavy atom. The number of benzene rings is 2. The van der Waals surface area contributed by atoms with Gasteiger partial charge in [-0.1, -0.05) is 12.1 Å². The first kappa shape index (κ1) is 11.9. The van der Waals surface area contributed by atoms with Gasteiger partial charge >= 0.3 is 0 Å². The molecule has 0 saturated carbocycles. The van der Waals surface area contributed by atoms with Crippen LogP contribution in [0.5, 0.6) is 5.75 Å². The van der Waals surface area contributed by atoms with Crippen LogP contribution in [-0.4, -0.2) is 5.11 Å². The SMILES string of the molecule is Oc1cc(F)cc(CNc2ccccc2Br)c1. The van der Waals surface area contributed by atoms with Gasteiger partial charge in [0, 0.05) is 22.8 Å². The van der Waals surface area contributed by atoms with Crippen LogP contribution in [0.3, 0.4) is 0 Å². The standard InChI is InChI=1S/C13H11BrFNO/c14-12-3-1-2-4-13(12)16-8-9-5-10(15)7-11(17)6-9/h1-7,16-17H,8H2. The van der Waals surface area contributed by atoms with Crippen LogP contribution in [0.4, 0.5) is 10.1 Å². The summed E-state index contributed by atoms with van der Waals surface area (Å²) < 4.78 is 14.0. The lowest BCUT2D eigenvalue weighted by atomic mass is 10.2. The van der Waals surface area contributed by atoms with Gasteiger partial charge in [0.1, 0.15) is 11.6 Å². The third-order valence-electron chi connectivity index (χ3n) is 2.30. The van der Waals surface area contributed by atoms with Crippen LogP contribution in [0, 0.1) is 5.82 Å². The number of rotatable bonds is 3. The van der Waals surface area contributed by atoms with Crippen molar-refractivity contribution in [2.24, 2.45) is 0 Å². The van der Waals surface area contributed by atoms with Crippen LogP contribution in [0.25, 0.3) is 0 Å². The summed E-state index contributed by atoms with van der Waals surface area (Å²) in [4.78, 5) is 0. The average molecular weight is 296 g/mol. The molecule has 88 valence electrons. The Balaban J connectivity index is 2.10. The Morgan fingerprint density at radius 2 is 1.94 bits per heavy atom. The van der Waals surface area contributed by atoms with Crippen molar-refractivity contribution >= 4 is 21.6 Å². The number of hydrogen-bond donors (Lipinski definition) is 2. The fourth-order valence-corrected chi connectivity index (χ4v) is 1.96. The zero-order valence-electron chi connectivity index (χ0n) is 8.95. The second-order valence-electron chi connectivity index (χ2n) is 3.65. The summed E-state index contributed by atoms with van der Waals surface area (Å²) in [5.74, 6) is -0.497. The highest BCUT2D eigenvalue weighted by Crippen LogP contribution is 2.22. The van der Waals surface area contributed by atoms with Crippen LogP contribution in [0.1, 0.15) is 5.56 Å². The molecule has 2 aromatic carbocycles. The first-order chi connectivity index (χ1) is 8.15. The third kappa shape index (κ3) is 3.20. The van der Waals surface area contributed by atoms with Crippen molar-refractivity contribution in [2.75, 3.05) is 5.32 Å². The van der Waals surface area contributed by atoms with Crippen molar-refractivity contribution in [3.8, 4) is 5.75 Å². The molecule has 17 heavy (non-hydrogen) atoms. The maximum absolute atomic E-state index is 13.0. The molecule has 0 atom stereocenters. The minimum Gasteiger partial charge on any atom is -0.508 e. The van der Waals surface area contributed by atoms with Crippen molar-refractivity contribution in [1.29, 1.82) is 0 Å². The molecule has 0 spiro atoms. The Labute approximate surface area is 107 Å². The van der Waals surface area contributed by atoms with Crippen molar-refractivity contribution in [2.45, 2.75) is 6.54 Å². The quantitative estimate of drug-likeness (QED) is 0.900. The van der Waals surface area contributed by atoms with Gasteiger partial charge in [0.2, 0.25) is 0 Å². The highest BCUT2D eigenvalue weighted by molar-refractivity contribution is 9.10. The molecule has 0 heterocycles. The molecule has 0 bridgehead atoms. The van der Waals surface area contributed by atoms with E-state index in [4.69, 9.17) is 0 Å². The summed E-state index contributed by atoms with van der Waals surface area (Å²) in [6.07, 6.45) is 0. The topological polar surface area (TPSA) is 32.3 Å². The second-order valence-corrected chi connectivity index (χ2v) is 4.51. The normalized spacial score (nSPS) is 10.2. The predicted octanol–water partition coefficient (Wildman–Crippen LogP) is 3.91. The van der Waals surface area contributed by atoms with Crippen LogP contribution in [0.15, 0.2) is 46.9 Å². The van der Waals surface area contributed by atoms with E-state index in [9.17, 15) is 9.50 Å². The molecule has 0 aliphatic rings. The van der Waals surface area contributed by atoms with Crippen LogP contribution in [-0.2, 0) is 6.54 Å². The summed E-state index contributed by atoms with van der Waals surface area (Å²) in [6.45, 7) is 0.452. The molecule has 2 rings (SSSR count). The van der Waals surface area contributed by atoms with E-state index >= 15 is 0 Å². The van der Waals surface area contributed by atoms with Gasteiger partial charge in [0.15, 0.2) is 0 Å². The third-order valence-corrected chi connectivity index (χ3v) is 2.99. The van der Waals surface area contributed by atoms with Crippen LogP contribution < -0.4 is 5.32 Å². The molecule has 0 amide bonds. The van der Waals surface area contributed by atoms with E-state index in [1.807, 2.05) is 24.3 Å². The molecule has 4 heteroatoms. The van der Waals surface area contributed by atoms with E-state index in [0.717, 1.165) is 16.2 Å². The van der Waals surface area contributed by atoms with Gasteiger partial charge in [-0.3, -0.25) is 0 Å². The molecule has 0 saturated heterocycles. The molecule has 0 aliphatic heterocycles. The van der Waals surface area contributed by atoms with E-state index in [0.29, 0.717) is 12.1 Å². The molecule has 0 radical (unpaired) electrons. The number of nitrogens with one attached hydrogen (secondary N) is 1. The van der Waals surface area contributed by atoms with Gasteiger partial charge in [0.25, 0.3) is 0 Å². The molecule has 0 unspecified atom stereocenters. The minimum absolute atomic E-state index is 0.0612. The molecule has 0 aliphatic carbocycles. The molecule has 2 nitrogen and oxygen atoms in total. The van der Waals surface area contributed by atoms with Crippen LogP contribution >= 0.6 is 15.9 Å². The highest BCUT2D eigenvalue weighted by Gasteiger charge is 2.01. The molecule has 0 aromatic heterocycles. The van der Waals surface area contributed by atoms with E-state index < -0.39 is 5.82 Å². The summed E-state index contributed by atoms with van der Waals surface area (Å²) in [5, 5.41) is 12.4. The smallest absolute Gasteiger partial charge is 0.127 e. The monoisotopic (exact) mass is 295 g/mol. The predicted molar refractivity (Wildman–Crippen MR) is 69.5 cm³/mol. The largest absolute Gasteiger partial charge is 0.508 e. The molecular formula is C13H11BrFNO. The number of phenolic OH excluding ortho intramolecular Hbond substituents is 1. The lowest BCUT2D eigenvalue weighted by Crippen LogP contribution is -2.00.